The number of piperidine rings is 1. The third-order valence-electron chi connectivity index (χ3n) is 5.58. The van der Waals surface area contributed by atoms with Gasteiger partial charge in [0, 0.05) is 18.5 Å². The summed E-state index contributed by atoms with van der Waals surface area (Å²) >= 11 is 0. The number of nitrogens with zero attached hydrogens (tertiary/aromatic N) is 1. The lowest BCUT2D eigenvalue weighted by Crippen LogP contribution is -2.41. The van der Waals surface area contributed by atoms with E-state index in [0.29, 0.717) is 11.8 Å². The molecule has 2 heteroatoms. The fourth-order valence-corrected chi connectivity index (χ4v) is 4.08. The van der Waals surface area contributed by atoms with Crippen molar-refractivity contribution in [2.45, 2.75) is 51.4 Å². The van der Waals surface area contributed by atoms with E-state index in [2.05, 4.69) is 4.90 Å². The van der Waals surface area contributed by atoms with Crippen LogP contribution in [0.2, 0.25) is 0 Å². The van der Waals surface area contributed by atoms with Gasteiger partial charge in [-0.3, -0.25) is 4.79 Å². The Hall–Kier alpha value is -1.15. The SMILES string of the molecule is O=C(CCN1CCC2(CCCCC2)CC1)c1ccccc1. The summed E-state index contributed by atoms with van der Waals surface area (Å²) in [4.78, 5) is 14.7. The number of ketones is 1. The van der Waals surface area contributed by atoms with Crippen LogP contribution in [-0.2, 0) is 0 Å². The van der Waals surface area contributed by atoms with Gasteiger partial charge in [0.2, 0.25) is 0 Å². The molecule has 2 fully saturated rings. The van der Waals surface area contributed by atoms with Crippen molar-refractivity contribution < 1.29 is 4.79 Å². The number of Topliss-reactive ketones (excluding diaryl/α,β-unsaturated/α-hetero) is 1. The molecule has 0 radical (unpaired) electrons. The summed E-state index contributed by atoms with van der Waals surface area (Å²) in [5.74, 6) is 0.286. The molecule has 0 bridgehead atoms. The van der Waals surface area contributed by atoms with Crippen LogP contribution in [0.25, 0.3) is 0 Å². The van der Waals surface area contributed by atoms with E-state index in [1.165, 1.54) is 58.0 Å². The summed E-state index contributed by atoms with van der Waals surface area (Å²) in [7, 11) is 0. The monoisotopic (exact) mass is 285 g/mol. The molecular formula is C19H27NO. The lowest BCUT2D eigenvalue weighted by atomic mass is 9.68. The van der Waals surface area contributed by atoms with Crippen LogP contribution in [0.3, 0.4) is 0 Å². The zero-order valence-corrected chi connectivity index (χ0v) is 13.0. The first-order chi connectivity index (χ1) is 10.3. The summed E-state index contributed by atoms with van der Waals surface area (Å²) in [5, 5.41) is 0. The van der Waals surface area contributed by atoms with Crippen LogP contribution < -0.4 is 0 Å². The molecule has 2 aliphatic rings. The van der Waals surface area contributed by atoms with Gasteiger partial charge in [0.1, 0.15) is 0 Å². The quantitative estimate of drug-likeness (QED) is 0.768. The third-order valence-corrected chi connectivity index (χ3v) is 5.58. The molecular weight excluding hydrogens is 258 g/mol. The summed E-state index contributed by atoms with van der Waals surface area (Å²) in [6.07, 6.45) is 10.6. The molecule has 1 heterocycles. The van der Waals surface area contributed by atoms with E-state index >= 15 is 0 Å². The maximum absolute atomic E-state index is 12.2. The average Bonchev–Trinajstić information content (AvgIpc) is 2.56. The van der Waals surface area contributed by atoms with Gasteiger partial charge in [-0.2, -0.15) is 0 Å². The molecule has 114 valence electrons. The fourth-order valence-electron chi connectivity index (χ4n) is 4.08. The van der Waals surface area contributed by atoms with Crippen molar-refractivity contribution in [3.63, 3.8) is 0 Å². The van der Waals surface area contributed by atoms with E-state index in [-0.39, 0.29) is 5.78 Å². The molecule has 3 rings (SSSR count). The summed E-state index contributed by atoms with van der Waals surface area (Å²) in [5.41, 5.74) is 1.52. The minimum Gasteiger partial charge on any atom is -0.303 e. The molecule has 1 spiro atoms. The summed E-state index contributed by atoms with van der Waals surface area (Å²) in [6.45, 7) is 3.33. The molecule has 0 N–H and O–H groups in total. The standard InChI is InChI=1S/C19H27NO/c21-18(17-7-3-1-4-8-17)9-14-20-15-12-19(13-16-20)10-5-2-6-11-19/h1,3-4,7-8H,2,5-6,9-16H2. The highest BCUT2D eigenvalue weighted by molar-refractivity contribution is 5.96. The third kappa shape index (κ3) is 3.74. The number of rotatable bonds is 4. The smallest absolute Gasteiger partial charge is 0.164 e. The molecule has 0 amide bonds. The Labute approximate surface area is 128 Å². The van der Waals surface area contributed by atoms with Crippen molar-refractivity contribution in [2.24, 2.45) is 5.41 Å². The first-order valence-electron chi connectivity index (χ1n) is 8.58. The second-order valence-electron chi connectivity index (χ2n) is 6.94. The van der Waals surface area contributed by atoms with Gasteiger partial charge in [0.25, 0.3) is 0 Å². The van der Waals surface area contributed by atoms with Crippen molar-refractivity contribution in [3.8, 4) is 0 Å². The van der Waals surface area contributed by atoms with Gasteiger partial charge in [0.15, 0.2) is 5.78 Å². The Morgan fingerprint density at radius 2 is 1.62 bits per heavy atom. The van der Waals surface area contributed by atoms with E-state index in [1.807, 2.05) is 30.3 Å². The topological polar surface area (TPSA) is 20.3 Å². The molecule has 1 aromatic rings. The van der Waals surface area contributed by atoms with Crippen LogP contribution in [0.5, 0.6) is 0 Å². The van der Waals surface area contributed by atoms with Gasteiger partial charge in [-0.25, -0.2) is 0 Å². The molecule has 1 aliphatic heterocycles. The van der Waals surface area contributed by atoms with Gasteiger partial charge in [-0.05, 0) is 44.2 Å². The highest BCUT2D eigenvalue weighted by atomic mass is 16.1. The molecule has 0 aromatic heterocycles. The van der Waals surface area contributed by atoms with Crippen molar-refractivity contribution in [1.29, 1.82) is 0 Å². The Morgan fingerprint density at radius 1 is 0.952 bits per heavy atom. The van der Waals surface area contributed by atoms with Crippen LogP contribution in [0.4, 0.5) is 0 Å². The van der Waals surface area contributed by atoms with E-state index in [1.54, 1.807) is 0 Å². The van der Waals surface area contributed by atoms with Crippen LogP contribution in [0.15, 0.2) is 30.3 Å². The Balaban J connectivity index is 1.44. The maximum Gasteiger partial charge on any atom is 0.164 e. The Morgan fingerprint density at radius 3 is 2.29 bits per heavy atom. The minimum absolute atomic E-state index is 0.286. The van der Waals surface area contributed by atoms with Crippen molar-refractivity contribution in [3.05, 3.63) is 35.9 Å². The maximum atomic E-state index is 12.2. The average molecular weight is 285 g/mol. The summed E-state index contributed by atoms with van der Waals surface area (Å²) < 4.78 is 0. The largest absolute Gasteiger partial charge is 0.303 e. The van der Waals surface area contributed by atoms with E-state index in [4.69, 9.17) is 0 Å². The van der Waals surface area contributed by atoms with Gasteiger partial charge in [0.05, 0.1) is 0 Å². The predicted octanol–water partition coefficient (Wildman–Crippen LogP) is 4.31. The second-order valence-corrected chi connectivity index (χ2v) is 6.94. The number of carbonyl (C=O) groups is 1. The number of carbonyl (C=O) groups excluding carboxylic acids is 1. The molecule has 1 aliphatic carbocycles. The van der Waals surface area contributed by atoms with E-state index in [0.717, 1.165) is 12.1 Å². The van der Waals surface area contributed by atoms with Gasteiger partial charge in [-0.1, -0.05) is 49.6 Å². The molecule has 0 unspecified atom stereocenters. The highest BCUT2D eigenvalue weighted by Gasteiger charge is 2.35. The van der Waals surface area contributed by atoms with Gasteiger partial charge >= 0.3 is 0 Å². The van der Waals surface area contributed by atoms with Crippen LogP contribution in [-0.4, -0.2) is 30.3 Å². The number of benzene rings is 1. The first kappa shape index (κ1) is 14.8. The zero-order chi connectivity index (χ0) is 14.5. The Bertz CT molecular complexity index is 452. The van der Waals surface area contributed by atoms with Crippen LogP contribution >= 0.6 is 0 Å². The molecule has 1 saturated carbocycles. The molecule has 21 heavy (non-hydrogen) atoms. The number of hydrogen-bond donors (Lipinski definition) is 0. The minimum atomic E-state index is 0.286. The van der Waals surface area contributed by atoms with Crippen molar-refractivity contribution in [2.75, 3.05) is 19.6 Å². The highest BCUT2D eigenvalue weighted by Crippen LogP contribution is 2.44. The van der Waals surface area contributed by atoms with E-state index in [9.17, 15) is 4.79 Å². The Kier molecular flexibility index (Phi) is 4.74. The van der Waals surface area contributed by atoms with Crippen molar-refractivity contribution >= 4 is 5.78 Å². The van der Waals surface area contributed by atoms with Crippen LogP contribution in [0.1, 0.15) is 61.7 Å². The number of likely N-dealkylation sites (tertiary alicyclic amines) is 1. The predicted molar refractivity (Wildman–Crippen MR) is 86.6 cm³/mol. The fraction of sp³-hybridized carbons (Fsp3) is 0.632. The van der Waals surface area contributed by atoms with E-state index < -0.39 is 0 Å². The molecule has 2 nitrogen and oxygen atoms in total. The lowest BCUT2D eigenvalue weighted by Gasteiger charge is -2.44. The van der Waals surface area contributed by atoms with Crippen LogP contribution in [0, 0.1) is 5.41 Å². The second kappa shape index (κ2) is 6.74. The first-order valence-corrected chi connectivity index (χ1v) is 8.58. The molecule has 1 saturated heterocycles. The zero-order valence-electron chi connectivity index (χ0n) is 13.0. The van der Waals surface area contributed by atoms with Gasteiger partial charge in [-0.15, -0.1) is 0 Å². The number of hydrogen-bond acceptors (Lipinski definition) is 2. The molecule has 1 aromatic carbocycles. The van der Waals surface area contributed by atoms with Gasteiger partial charge < -0.3 is 4.90 Å². The normalized spacial score (nSPS) is 22.3. The molecule has 0 atom stereocenters. The van der Waals surface area contributed by atoms with Crippen molar-refractivity contribution in [1.82, 2.24) is 4.90 Å². The summed E-state index contributed by atoms with van der Waals surface area (Å²) in [6, 6.07) is 9.71. The lowest BCUT2D eigenvalue weighted by molar-refractivity contribution is 0.0651.